The molecule has 0 N–H and O–H groups in total. The van der Waals surface area contributed by atoms with E-state index in [1.165, 1.54) is 6.20 Å². The van der Waals surface area contributed by atoms with E-state index in [-0.39, 0.29) is 5.91 Å². The van der Waals surface area contributed by atoms with Crippen LogP contribution in [-0.2, 0) is 0 Å². The van der Waals surface area contributed by atoms with Crippen molar-refractivity contribution in [3.63, 3.8) is 0 Å². The molecule has 0 spiro atoms. The van der Waals surface area contributed by atoms with Crippen LogP contribution in [0.3, 0.4) is 0 Å². The second-order valence-corrected chi connectivity index (χ2v) is 4.63. The van der Waals surface area contributed by atoms with Gasteiger partial charge in [-0.25, -0.2) is 0 Å². The van der Waals surface area contributed by atoms with Crippen molar-refractivity contribution >= 4 is 11.6 Å². The number of aromatic nitrogens is 1. The number of amides is 1. The highest BCUT2D eigenvalue weighted by molar-refractivity contribution is 6.08. The van der Waals surface area contributed by atoms with E-state index in [2.05, 4.69) is 5.16 Å². The molecule has 0 aliphatic heterocycles. The molecule has 0 aliphatic carbocycles. The van der Waals surface area contributed by atoms with Gasteiger partial charge in [0.25, 0.3) is 5.91 Å². The Labute approximate surface area is 122 Å². The zero-order chi connectivity index (χ0) is 14.7. The number of anilines is 1. The zero-order valence-corrected chi connectivity index (χ0v) is 11.6. The fourth-order valence-electron chi connectivity index (χ4n) is 2.14. The first-order valence-corrected chi connectivity index (χ1v) is 6.60. The Morgan fingerprint density at radius 1 is 1.00 bits per heavy atom. The Morgan fingerprint density at radius 2 is 1.62 bits per heavy atom. The maximum absolute atomic E-state index is 12.6. The summed E-state index contributed by atoms with van der Waals surface area (Å²) in [6.45, 7) is 0. The number of hydrogen-bond acceptors (Lipinski definition) is 3. The molecule has 1 aromatic heterocycles. The minimum atomic E-state index is -0.152. The fourth-order valence-corrected chi connectivity index (χ4v) is 2.14. The number of nitrogens with zero attached hydrogens (tertiary/aromatic N) is 2. The Kier molecular flexibility index (Phi) is 3.51. The molecule has 4 heteroatoms. The smallest absolute Gasteiger partial charge is 0.263 e. The second-order valence-electron chi connectivity index (χ2n) is 4.63. The average Bonchev–Trinajstić information content (AvgIpc) is 3.04. The lowest BCUT2D eigenvalue weighted by Crippen LogP contribution is -2.26. The molecule has 3 aromatic rings. The molecule has 0 saturated carbocycles. The topological polar surface area (TPSA) is 46.3 Å². The molecular weight excluding hydrogens is 264 g/mol. The Morgan fingerprint density at radius 3 is 2.29 bits per heavy atom. The number of carbonyl (C=O) groups excluding carboxylic acids is 1. The fraction of sp³-hybridized carbons (Fsp3) is 0.0588. The molecule has 2 aromatic carbocycles. The predicted octanol–water partition coefficient (Wildman–Crippen LogP) is 3.62. The number of rotatable bonds is 3. The van der Waals surface area contributed by atoms with Gasteiger partial charge in [0, 0.05) is 18.3 Å². The number of benzene rings is 2. The Bertz CT molecular complexity index is 736. The van der Waals surface area contributed by atoms with Gasteiger partial charge in [0.15, 0.2) is 5.76 Å². The van der Waals surface area contributed by atoms with E-state index in [1.807, 2.05) is 60.7 Å². The number of hydrogen-bond donors (Lipinski definition) is 0. The van der Waals surface area contributed by atoms with Crippen molar-refractivity contribution in [1.29, 1.82) is 0 Å². The Hall–Kier alpha value is -2.88. The van der Waals surface area contributed by atoms with Crippen LogP contribution in [0.25, 0.3) is 11.3 Å². The average molecular weight is 278 g/mol. The highest BCUT2D eigenvalue weighted by atomic mass is 16.5. The van der Waals surface area contributed by atoms with Gasteiger partial charge in [-0.15, -0.1) is 0 Å². The van der Waals surface area contributed by atoms with Crippen molar-refractivity contribution in [1.82, 2.24) is 5.16 Å². The molecule has 3 rings (SSSR count). The van der Waals surface area contributed by atoms with Crippen molar-refractivity contribution < 1.29 is 9.32 Å². The molecule has 0 aliphatic rings. The molecule has 1 heterocycles. The summed E-state index contributed by atoms with van der Waals surface area (Å²) in [5.41, 5.74) is 2.11. The molecule has 0 fully saturated rings. The third-order valence-corrected chi connectivity index (χ3v) is 3.28. The Balaban J connectivity index is 1.95. The van der Waals surface area contributed by atoms with Crippen LogP contribution < -0.4 is 4.90 Å². The lowest BCUT2D eigenvalue weighted by Gasteiger charge is -2.16. The van der Waals surface area contributed by atoms with Crippen LogP contribution in [0.1, 0.15) is 10.4 Å². The van der Waals surface area contributed by atoms with Gasteiger partial charge < -0.3 is 9.42 Å². The van der Waals surface area contributed by atoms with Gasteiger partial charge in [0.05, 0.1) is 6.20 Å². The summed E-state index contributed by atoms with van der Waals surface area (Å²) in [6.07, 6.45) is 1.46. The lowest BCUT2D eigenvalue weighted by molar-refractivity contribution is 0.0993. The van der Waals surface area contributed by atoms with Crippen LogP contribution in [0.5, 0.6) is 0 Å². The van der Waals surface area contributed by atoms with Crippen LogP contribution >= 0.6 is 0 Å². The normalized spacial score (nSPS) is 10.3. The van der Waals surface area contributed by atoms with E-state index in [0.29, 0.717) is 11.3 Å². The van der Waals surface area contributed by atoms with Crippen molar-refractivity contribution in [2.24, 2.45) is 0 Å². The lowest BCUT2D eigenvalue weighted by atomic mass is 10.1. The van der Waals surface area contributed by atoms with Crippen molar-refractivity contribution in [2.45, 2.75) is 0 Å². The van der Waals surface area contributed by atoms with Gasteiger partial charge in [0.2, 0.25) is 0 Å². The maximum Gasteiger partial charge on any atom is 0.263 e. The van der Waals surface area contributed by atoms with Gasteiger partial charge >= 0.3 is 0 Å². The van der Waals surface area contributed by atoms with Gasteiger partial charge in [-0.2, -0.15) is 0 Å². The molecular formula is C17H14N2O2. The van der Waals surface area contributed by atoms with E-state index < -0.39 is 0 Å². The van der Waals surface area contributed by atoms with E-state index in [4.69, 9.17) is 4.52 Å². The van der Waals surface area contributed by atoms with Gasteiger partial charge in [-0.1, -0.05) is 53.7 Å². The van der Waals surface area contributed by atoms with E-state index >= 15 is 0 Å². The molecule has 0 atom stereocenters. The van der Waals surface area contributed by atoms with E-state index in [0.717, 1.165) is 11.3 Å². The minimum absolute atomic E-state index is 0.152. The van der Waals surface area contributed by atoms with Crippen molar-refractivity contribution in [3.8, 4) is 11.3 Å². The summed E-state index contributed by atoms with van der Waals surface area (Å²) in [4.78, 5) is 14.2. The molecule has 0 unspecified atom stereocenters. The first-order valence-electron chi connectivity index (χ1n) is 6.60. The van der Waals surface area contributed by atoms with Gasteiger partial charge in [-0.05, 0) is 12.1 Å². The van der Waals surface area contributed by atoms with E-state index in [1.54, 1.807) is 11.9 Å². The standard InChI is InChI=1S/C17H14N2O2/c1-19(14-10-6-3-7-11-14)17(20)15-12-18-21-16(15)13-8-4-2-5-9-13/h2-12H,1H3. The van der Waals surface area contributed by atoms with Crippen LogP contribution in [-0.4, -0.2) is 18.1 Å². The largest absolute Gasteiger partial charge is 0.355 e. The van der Waals surface area contributed by atoms with Crippen LogP contribution in [0.15, 0.2) is 71.4 Å². The SMILES string of the molecule is CN(C(=O)c1cnoc1-c1ccccc1)c1ccccc1. The zero-order valence-electron chi connectivity index (χ0n) is 11.6. The number of carbonyl (C=O) groups is 1. The molecule has 0 bridgehead atoms. The van der Waals surface area contributed by atoms with Crippen molar-refractivity contribution in [2.75, 3.05) is 11.9 Å². The predicted molar refractivity (Wildman–Crippen MR) is 81.1 cm³/mol. The molecule has 104 valence electrons. The van der Waals surface area contributed by atoms with Crippen molar-refractivity contribution in [3.05, 3.63) is 72.4 Å². The highest BCUT2D eigenvalue weighted by Crippen LogP contribution is 2.25. The molecule has 0 radical (unpaired) electrons. The van der Waals surface area contributed by atoms with Crippen LogP contribution in [0.4, 0.5) is 5.69 Å². The quantitative estimate of drug-likeness (QED) is 0.735. The molecule has 4 nitrogen and oxygen atoms in total. The molecule has 21 heavy (non-hydrogen) atoms. The van der Waals surface area contributed by atoms with E-state index in [9.17, 15) is 4.79 Å². The summed E-state index contributed by atoms with van der Waals surface area (Å²) >= 11 is 0. The molecule has 1 amide bonds. The third-order valence-electron chi connectivity index (χ3n) is 3.28. The van der Waals surface area contributed by atoms with Crippen LogP contribution in [0, 0.1) is 0 Å². The first-order chi connectivity index (χ1) is 10.3. The molecule has 0 saturated heterocycles. The maximum atomic E-state index is 12.6. The van der Waals surface area contributed by atoms with Gasteiger partial charge in [0.1, 0.15) is 5.56 Å². The van der Waals surface area contributed by atoms with Crippen LogP contribution in [0.2, 0.25) is 0 Å². The third kappa shape index (κ3) is 2.56. The highest BCUT2D eigenvalue weighted by Gasteiger charge is 2.21. The summed E-state index contributed by atoms with van der Waals surface area (Å²) in [6, 6.07) is 18.9. The summed E-state index contributed by atoms with van der Waals surface area (Å²) < 4.78 is 5.26. The second kappa shape index (κ2) is 5.63. The first kappa shape index (κ1) is 13.1. The van der Waals surface area contributed by atoms with Gasteiger partial charge in [-0.3, -0.25) is 4.79 Å². The minimum Gasteiger partial charge on any atom is -0.355 e. The summed E-state index contributed by atoms with van der Waals surface area (Å²) in [7, 11) is 1.74. The summed E-state index contributed by atoms with van der Waals surface area (Å²) in [5, 5.41) is 3.77. The monoisotopic (exact) mass is 278 g/mol. The number of para-hydroxylation sites is 1. The summed E-state index contributed by atoms with van der Waals surface area (Å²) in [5.74, 6) is 0.338.